The number of hydrogen-bond acceptors (Lipinski definition) is 2. The largest absolute Gasteiger partial charge is 0.329 e. The summed E-state index contributed by atoms with van der Waals surface area (Å²) in [6.07, 6.45) is 1.11. The summed E-state index contributed by atoms with van der Waals surface area (Å²) >= 11 is 0. The summed E-state index contributed by atoms with van der Waals surface area (Å²) < 4.78 is 0. The Kier molecular flexibility index (Phi) is 2.73. The minimum absolute atomic E-state index is 0.160. The van der Waals surface area contributed by atoms with Gasteiger partial charge in [0.15, 0.2) is 0 Å². The standard InChI is InChI=1S/C12H16N2O/c1-3-10-13-11(12(15)14(10)2)9-7-5-4-6-8-9/h4-8,10-11,13H,3H2,1-2H3. The van der Waals surface area contributed by atoms with E-state index >= 15 is 0 Å². The summed E-state index contributed by atoms with van der Waals surface area (Å²) in [6, 6.07) is 9.70. The third-order valence-electron chi connectivity index (χ3n) is 2.94. The first kappa shape index (κ1) is 10.2. The Morgan fingerprint density at radius 2 is 2.00 bits per heavy atom. The number of benzene rings is 1. The maximum atomic E-state index is 11.9. The van der Waals surface area contributed by atoms with E-state index < -0.39 is 0 Å². The Balaban J connectivity index is 2.23. The second kappa shape index (κ2) is 4.03. The molecule has 0 bridgehead atoms. The molecule has 0 saturated carbocycles. The Labute approximate surface area is 90.1 Å². The quantitative estimate of drug-likeness (QED) is 0.792. The van der Waals surface area contributed by atoms with E-state index in [4.69, 9.17) is 0 Å². The highest BCUT2D eigenvalue weighted by Gasteiger charge is 2.35. The van der Waals surface area contributed by atoms with Crippen molar-refractivity contribution in [3.63, 3.8) is 0 Å². The van der Waals surface area contributed by atoms with Gasteiger partial charge in [-0.05, 0) is 12.0 Å². The smallest absolute Gasteiger partial charge is 0.245 e. The van der Waals surface area contributed by atoms with Crippen LogP contribution >= 0.6 is 0 Å². The third-order valence-corrected chi connectivity index (χ3v) is 2.94. The Morgan fingerprint density at radius 3 is 2.53 bits per heavy atom. The van der Waals surface area contributed by atoms with Crippen LogP contribution in [0.5, 0.6) is 0 Å². The molecule has 1 saturated heterocycles. The maximum absolute atomic E-state index is 11.9. The monoisotopic (exact) mass is 204 g/mol. The van der Waals surface area contributed by atoms with Crippen LogP contribution in [0.4, 0.5) is 0 Å². The lowest BCUT2D eigenvalue weighted by Crippen LogP contribution is -2.33. The molecule has 1 aromatic carbocycles. The van der Waals surface area contributed by atoms with Crippen molar-refractivity contribution in [2.75, 3.05) is 7.05 Å². The van der Waals surface area contributed by atoms with Gasteiger partial charge in [0.05, 0.1) is 6.17 Å². The van der Waals surface area contributed by atoms with Gasteiger partial charge in [0.1, 0.15) is 6.04 Å². The van der Waals surface area contributed by atoms with Gasteiger partial charge in [-0.2, -0.15) is 0 Å². The van der Waals surface area contributed by atoms with Gasteiger partial charge in [-0.1, -0.05) is 37.3 Å². The van der Waals surface area contributed by atoms with Gasteiger partial charge in [-0.25, -0.2) is 0 Å². The number of amides is 1. The van der Waals surface area contributed by atoms with Gasteiger partial charge < -0.3 is 4.90 Å². The number of hydrogen-bond donors (Lipinski definition) is 1. The Morgan fingerprint density at radius 1 is 1.33 bits per heavy atom. The minimum Gasteiger partial charge on any atom is -0.329 e. The third kappa shape index (κ3) is 1.75. The lowest BCUT2D eigenvalue weighted by Gasteiger charge is -2.16. The van der Waals surface area contributed by atoms with Crippen molar-refractivity contribution in [1.82, 2.24) is 10.2 Å². The number of nitrogens with one attached hydrogen (secondary N) is 1. The molecule has 3 heteroatoms. The molecule has 1 heterocycles. The average molecular weight is 204 g/mol. The molecule has 1 aromatic rings. The van der Waals surface area contributed by atoms with Gasteiger partial charge in [0.2, 0.25) is 5.91 Å². The highest BCUT2D eigenvalue weighted by atomic mass is 16.2. The van der Waals surface area contributed by atoms with E-state index in [1.807, 2.05) is 37.4 Å². The van der Waals surface area contributed by atoms with Crippen LogP contribution in [0.25, 0.3) is 0 Å². The van der Waals surface area contributed by atoms with Gasteiger partial charge in [-0.15, -0.1) is 0 Å². The second-order valence-electron chi connectivity index (χ2n) is 3.88. The van der Waals surface area contributed by atoms with E-state index in [1.165, 1.54) is 0 Å². The van der Waals surface area contributed by atoms with E-state index in [2.05, 4.69) is 12.2 Å². The molecule has 2 rings (SSSR count). The van der Waals surface area contributed by atoms with Crippen molar-refractivity contribution < 1.29 is 4.79 Å². The lowest BCUT2D eigenvalue weighted by molar-refractivity contribution is -0.128. The predicted molar refractivity (Wildman–Crippen MR) is 59.2 cm³/mol. The van der Waals surface area contributed by atoms with E-state index in [0.29, 0.717) is 0 Å². The highest BCUT2D eigenvalue weighted by molar-refractivity contribution is 5.85. The fourth-order valence-electron chi connectivity index (χ4n) is 2.01. The molecule has 2 atom stereocenters. The summed E-state index contributed by atoms with van der Waals surface area (Å²) in [5, 5.41) is 3.33. The number of nitrogens with zero attached hydrogens (tertiary/aromatic N) is 1. The first-order valence-electron chi connectivity index (χ1n) is 5.31. The molecule has 0 spiro atoms. The molecule has 1 fully saturated rings. The molecule has 0 aliphatic carbocycles. The lowest BCUT2D eigenvalue weighted by atomic mass is 10.1. The van der Waals surface area contributed by atoms with E-state index in [1.54, 1.807) is 4.90 Å². The number of carbonyl (C=O) groups is 1. The van der Waals surface area contributed by atoms with E-state index in [9.17, 15) is 4.79 Å². The van der Waals surface area contributed by atoms with Crippen LogP contribution in [0, 0.1) is 0 Å². The van der Waals surface area contributed by atoms with Crippen molar-refractivity contribution in [3.05, 3.63) is 35.9 Å². The molecule has 80 valence electrons. The van der Waals surface area contributed by atoms with Crippen LogP contribution in [0.1, 0.15) is 24.9 Å². The molecular weight excluding hydrogens is 188 g/mol. The fourth-order valence-corrected chi connectivity index (χ4v) is 2.01. The molecule has 0 radical (unpaired) electrons. The minimum atomic E-state index is -0.166. The molecule has 15 heavy (non-hydrogen) atoms. The maximum Gasteiger partial charge on any atom is 0.245 e. The predicted octanol–water partition coefficient (Wildman–Crippen LogP) is 1.53. The second-order valence-corrected chi connectivity index (χ2v) is 3.88. The van der Waals surface area contributed by atoms with Crippen molar-refractivity contribution in [2.24, 2.45) is 0 Å². The van der Waals surface area contributed by atoms with Crippen LogP contribution in [0.15, 0.2) is 30.3 Å². The molecule has 1 aliphatic heterocycles. The summed E-state index contributed by atoms with van der Waals surface area (Å²) in [7, 11) is 1.85. The summed E-state index contributed by atoms with van der Waals surface area (Å²) in [5.74, 6) is 0.160. The molecule has 1 N–H and O–H groups in total. The molecule has 1 amide bonds. The first-order chi connectivity index (χ1) is 7.24. The SMILES string of the molecule is CCC1NC(c2ccccc2)C(=O)N1C. The average Bonchev–Trinajstić information content (AvgIpc) is 2.57. The van der Waals surface area contributed by atoms with Crippen LogP contribution in [-0.2, 0) is 4.79 Å². The van der Waals surface area contributed by atoms with Crippen LogP contribution in [-0.4, -0.2) is 24.0 Å². The van der Waals surface area contributed by atoms with Gasteiger partial charge >= 0.3 is 0 Å². The summed E-state index contributed by atoms with van der Waals surface area (Å²) in [4.78, 5) is 13.7. The first-order valence-corrected chi connectivity index (χ1v) is 5.31. The van der Waals surface area contributed by atoms with Crippen LogP contribution in [0.3, 0.4) is 0 Å². The van der Waals surface area contributed by atoms with Crippen molar-refractivity contribution in [2.45, 2.75) is 25.6 Å². The molecule has 3 nitrogen and oxygen atoms in total. The normalized spacial score (nSPS) is 26.0. The van der Waals surface area contributed by atoms with Gasteiger partial charge in [0.25, 0.3) is 0 Å². The topological polar surface area (TPSA) is 32.3 Å². The summed E-state index contributed by atoms with van der Waals surface area (Å²) in [6.45, 7) is 2.08. The Hall–Kier alpha value is -1.35. The highest BCUT2D eigenvalue weighted by Crippen LogP contribution is 2.23. The van der Waals surface area contributed by atoms with Crippen LogP contribution in [0.2, 0.25) is 0 Å². The number of likely N-dealkylation sites (N-methyl/N-ethyl adjacent to an activating group) is 1. The zero-order valence-electron chi connectivity index (χ0n) is 9.10. The number of carbonyl (C=O) groups excluding carboxylic acids is 1. The van der Waals surface area contributed by atoms with Gasteiger partial charge in [0, 0.05) is 7.05 Å². The molecule has 2 unspecified atom stereocenters. The van der Waals surface area contributed by atoms with Crippen molar-refractivity contribution in [1.29, 1.82) is 0 Å². The fraction of sp³-hybridized carbons (Fsp3) is 0.417. The van der Waals surface area contributed by atoms with Crippen molar-refractivity contribution in [3.8, 4) is 0 Å². The van der Waals surface area contributed by atoms with E-state index in [-0.39, 0.29) is 18.1 Å². The zero-order chi connectivity index (χ0) is 10.8. The van der Waals surface area contributed by atoms with Gasteiger partial charge in [-0.3, -0.25) is 10.1 Å². The molecular formula is C12H16N2O. The molecule has 0 aromatic heterocycles. The van der Waals surface area contributed by atoms with Crippen LogP contribution < -0.4 is 5.32 Å². The molecule has 1 aliphatic rings. The Bertz CT molecular complexity index is 350. The van der Waals surface area contributed by atoms with E-state index in [0.717, 1.165) is 12.0 Å². The number of rotatable bonds is 2. The van der Waals surface area contributed by atoms with Crippen molar-refractivity contribution >= 4 is 5.91 Å². The summed E-state index contributed by atoms with van der Waals surface area (Å²) in [5.41, 5.74) is 1.05. The zero-order valence-corrected chi connectivity index (χ0v) is 9.10.